The molecule has 112 valence electrons. The molecule has 3 rings (SSSR count). The maximum atomic E-state index is 10.9. The molecule has 0 fully saturated rings. The van der Waals surface area contributed by atoms with Crippen LogP contribution in [0.25, 0.3) is 5.65 Å². The first-order valence-corrected chi connectivity index (χ1v) is 6.86. The van der Waals surface area contributed by atoms with Crippen LogP contribution < -0.4 is 0 Å². The predicted octanol–water partition coefficient (Wildman–Crippen LogP) is 3.16. The second-order valence-corrected chi connectivity index (χ2v) is 5.33. The minimum atomic E-state index is -0.580. The number of nitrogens with zero attached hydrogens (tertiary/aromatic N) is 3. The van der Waals surface area contributed by atoms with E-state index in [-0.39, 0.29) is 11.4 Å². The van der Waals surface area contributed by atoms with Gasteiger partial charge in [0.2, 0.25) is 0 Å². The van der Waals surface area contributed by atoms with E-state index >= 15 is 0 Å². The number of rotatable bonds is 3. The van der Waals surface area contributed by atoms with E-state index in [9.17, 15) is 15.2 Å². The molecule has 2 aromatic heterocycles. The molecule has 0 saturated heterocycles. The van der Waals surface area contributed by atoms with Gasteiger partial charge in [0.15, 0.2) is 5.75 Å². The molecular formula is C16H15N3O3. The summed E-state index contributed by atoms with van der Waals surface area (Å²) in [7, 11) is 0. The van der Waals surface area contributed by atoms with Crippen molar-refractivity contribution in [2.45, 2.75) is 20.3 Å². The van der Waals surface area contributed by atoms with Gasteiger partial charge in [-0.25, -0.2) is 4.98 Å². The maximum absolute atomic E-state index is 10.9. The van der Waals surface area contributed by atoms with E-state index in [0.29, 0.717) is 6.42 Å². The van der Waals surface area contributed by atoms with Crippen molar-refractivity contribution in [3.8, 4) is 5.75 Å². The number of pyridine rings is 1. The first-order valence-electron chi connectivity index (χ1n) is 6.86. The highest BCUT2D eigenvalue weighted by Gasteiger charge is 2.16. The minimum absolute atomic E-state index is 0.278. The highest BCUT2D eigenvalue weighted by atomic mass is 16.6. The number of hydrogen-bond acceptors (Lipinski definition) is 4. The lowest BCUT2D eigenvalue weighted by Crippen LogP contribution is -1.98. The van der Waals surface area contributed by atoms with Crippen LogP contribution in [-0.2, 0) is 6.42 Å². The molecule has 0 aliphatic rings. The lowest BCUT2D eigenvalue weighted by Gasteiger charge is -2.05. The Labute approximate surface area is 126 Å². The van der Waals surface area contributed by atoms with Gasteiger partial charge in [0.25, 0.3) is 0 Å². The molecule has 3 aromatic rings. The molecule has 0 spiro atoms. The number of aryl methyl sites for hydroxylation is 2. The fraction of sp³-hybridized carbons (Fsp3) is 0.188. The summed E-state index contributed by atoms with van der Waals surface area (Å²) < 4.78 is 1.99. The van der Waals surface area contributed by atoms with E-state index in [1.54, 1.807) is 6.07 Å². The molecule has 22 heavy (non-hydrogen) atoms. The number of phenols is 1. The molecule has 0 bridgehead atoms. The number of nitro groups is 1. The van der Waals surface area contributed by atoms with E-state index in [0.717, 1.165) is 28.2 Å². The van der Waals surface area contributed by atoms with Gasteiger partial charge in [0.05, 0.1) is 10.6 Å². The summed E-state index contributed by atoms with van der Waals surface area (Å²) in [6.45, 7) is 3.93. The third kappa shape index (κ3) is 2.39. The van der Waals surface area contributed by atoms with Crippen molar-refractivity contribution < 1.29 is 10.0 Å². The standard InChI is InChI=1S/C16H15N3O3/c1-10-5-6-18-13(11(2)17-16(18)7-10)8-12-3-4-15(20)14(9-12)19(21)22/h3-7,9,20H,8H2,1-2H3. The summed E-state index contributed by atoms with van der Waals surface area (Å²) in [5.74, 6) is -0.320. The van der Waals surface area contributed by atoms with Gasteiger partial charge in [-0.05, 0) is 43.2 Å². The van der Waals surface area contributed by atoms with Crippen molar-refractivity contribution in [2.75, 3.05) is 0 Å². The van der Waals surface area contributed by atoms with Gasteiger partial charge in [-0.2, -0.15) is 0 Å². The summed E-state index contributed by atoms with van der Waals surface area (Å²) in [4.78, 5) is 14.9. The van der Waals surface area contributed by atoms with E-state index < -0.39 is 4.92 Å². The molecule has 0 radical (unpaired) electrons. The molecule has 0 unspecified atom stereocenters. The summed E-state index contributed by atoms with van der Waals surface area (Å²) in [5.41, 5.74) is 4.34. The quantitative estimate of drug-likeness (QED) is 0.595. The van der Waals surface area contributed by atoms with Crippen molar-refractivity contribution in [1.29, 1.82) is 0 Å². The minimum Gasteiger partial charge on any atom is -0.502 e. The van der Waals surface area contributed by atoms with Crippen LogP contribution in [0.2, 0.25) is 0 Å². The van der Waals surface area contributed by atoms with Gasteiger partial charge in [-0.1, -0.05) is 6.07 Å². The second kappa shape index (κ2) is 5.14. The summed E-state index contributed by atoms with van der Waals surface area (Å²) in [5, 5.41) is 20.5. The molecule has 0 saturated carbocycles. The van der Waals surface area contributed by atoms with Crippen LogP contribution in [0.3, 0.4) is 0 Å². The number of nitro benzene ring substituents is 1. The zero-order valence-corrected chi connectivity index (χ0v) is 12.3. The van der Waals surface area contributed by atoms with Crippen LogP contribution in [0.5, 0.6) is 5.75 Å². The Morgan fingerprint density at radius 1 is 1.27 bits per heavy atom. The second-order valence-electron chi connectivity index (χ2n) is 5.33. The average Bonchev–Trinajstić information content (AvgIpc) is 2.76. The van der Waals surface area contributed by atoms with Crippen LogP contribution in [0.15, 0.2) is 36.5 Å². The number of benzene rings is 1. The molecule has 6 nitrogen and oxygen atoms in total. The van der Waals surface area contributed by atoms with Gasteiger partial charge in [-0.3, -0.25) is 10.1 Å². The van der Waals surface area contributed by atoms with Crippen molar-refractivity contribution >= 4 is 11.3 Å². The average molecular weight is 297 g/mol. The van der Waals surface area contributed by atoms with E-state index in [4.69, 9.17) is 0 Å². The van der Waals surface area contributed by atoms with Crippen LogP contribution in [-0.4, -0.2) is 19.4 Å². The largest absolute Gasteiger partial charge is 0.502 e. The molecule has 1 aromatic carbocycles. The Morgan fingerprint density at radius 3 is 2.77 bits per heavy atom. The number of aromatic hydroxyl groups is 1. The van der Waals surface area contributed by atoms with E-state index in [2.05, 4.69) is 4.98 Å². The SMILES string of the molecule is Cc1ccn2c(Cc3ccc(O)c([N+](=O)[O-])c3)c(C)nc2c1. The van der Waals surface area contributed by atoms with Crippen molar-refractivity contribution in [3.05, 3.63) is 69.2 Å². The Balaban J connectivity index is 2.05. The van der Waals surface area contributed by atoms with Gasteiger partial charge in [-0.15, -0.1) is 0 Å². The van der Waals surface area contributed by atoms with Gasteiger partial charge in [0, 0.05) is 24.4 Å². The fourth-order valence-electron chi connectivity index (χ4n) is 2.55. The third-order valence-corrected chi connectivity index (χ3v) is 3.69. The first-order chi connectivity index (χ1) is 10.5. The Bertz CT molecular complexity index is 884. The molecule has 1 N–H and O–H groups in total. The van der Waals surface area contributed by atoms with Gasteiger partial charge >= 0.3 is 5.69 Å². The zero-order valence-electron chi connectivity index (χ0n) is 12.3. The van der Waals surface area contributed by atoms with E-state index in [1.165, 1.54) is 12.1 Å². The third-order valence-electron chi connectivity index (χ3n) is 3.69. The monoisotopic (exact) mass is 297 g/mol. The van der Waals surface area contributed by atoms with E-state index in [1.807, 2.05) is 36.6 Å². The highest BCUT2D eigenvalue weighted by Crippen LogP contribution is 2.28. The molecule has 6 heteroatoms. The zero-order chi connectivity index (χ0) is 15.9. The Kier molecular flexibility index (Phi) is 3.29. The Hall–Kier alpha value is -2.89. The molecule has 0 amide bonds. The van der Waals surface area contributed by atoms with Crippen molar-refractivity contribution in [2.24, 2.45) is 0 Å². The van der Waals surface area contributed by atoms with Gasteiger partial charge < -0.3 is 9.51 Å². The number of imidazole rings is 1. The number of fused-ring (bicyclic) bond motifs is 1. The normalized spacial score (nSPS) is 11.0. The smallest absolute Gasteiger partial charge is 0.310 e. The topological polar surface area (TPSA) is 80.7 Å². The number of hydrogen-bond donors (Lipinski definition) is 1. The summed E-state index contributed by atoms with van der Waals surface area (Å²) >= 11 is 0. The number of phenolic OH excluding ortho intramolecular Hbond substituents is 1. The maximum Gasteiger partial charge on any atom is 0.310 e. The van der Waals surface area contributed by atoms with Crippen molar-refractivity contribution in [1.82, 2.24) is 9.38 Å². The van der Waals surface area contributed by atoms with Crippen LogP contribution >= 0.6 is 0 Å². The van der Waals surface area contributed by atoms with Gasteiger partial charge in [0.1, 0.15) is 5.65 Å². The summed E-state index contributed by atoms with van der Waals surface area (Å²) in [6.07, 6.45) is 2.46. The molecule has 0 aliphatic heterocycles. The van der Waals surface area contributed by atoms with Crippen LogP contribution in [0.4, 0.5) is 5.69 Å². The first kappa shape index (κ1) is 14.1. The summed E-state index contributed by atoms with van der Waals surface area (Å²) in [6, 6.07) is 8.44. The highest BCUT2D eigenvalue weighted by molar-refractivity contribution is 5.50. The van der Waals surface area contributed by atoms with Crippen LogP contribution in [0, 0.1) is 24.0 Å². The molecule has 0 aliphatic carbocycles. The Morgan fingerprint density at radius 2 is 2.05 bits per heavy atom. The molecular weight excluding hydrogens is 282 g/mol. The number of aromatic nitrogens is 2. The predicted molar refractivity (Wildman–Crippen MR) is 82.2 cm³/mol. The van der Waals surface area contributed by atoms with Crippen molar-refractivity contribution in [3.63, 3.8) is 0 Å². The fourth-order valence-corrected chi connectivity index (χ4v) is 2.55. The van der Waals surface area contributed by atoms with Crippen LogP contribution in [0.1, 0.15) is 22.5 Å². The lowest BCUT2D eigenvalue weighted by molar-refractivity contribution is -0.385. The molecule has 0 atom stereocenters. The molecule has 2 heterocycles. The lowest BCUT2D eigenvalue weighted by atomic mass is 10.1.